The summed E-state index contributed by atoms with van der Waals surface area (Å²) in [5.41, 5.74) is 0.658. The zero-order chi connectivity index (χ0) is 10.6. The third kappa shape index (κ3) is 2.12. The monoisotopic (exact) mass is 199 g/mol. The maximum atomic E-state index is 5.28. The van der Waals surface area contributed by atoms with Gasteiger partial charge < -0.3 is 9.64 Å². The Morgan fingerprint density at radius 3 is 2.43 bits per heavy atom. The second kappa shape index (κ2) is 5.13. The molecule has 14 heavy (non-hydrogen) atoms. The SMILES string of the molecule is CC.COCC1CN(C)CC12CCC2. The van der Waals surface area contributed by atoms with Gasteiger partial charge in [0.15, 0.2) is 0 Å². The Morgan fingerprint density at radius 1 is 1.36 bits per heavy atom. The van der Waals surface area contributed by atoms with Gasteiger partial charge in [-0.25, -0.2) is 0 Å². The van der Waals surface area contributed by atoms with E-state index in [-0.39, 0.29) is 0 Å². The van der Waals surface area contributed by atoms with Gasteiger partial charge in [-0.1, -0.05) is 20.3 Å². The molecule has 2 heteroatoms. The van der Waals surface area contributed by atoms with Crippen molar-refractivity contribution in [2.45, 2.75) is 33.1 Å². The molecule has 2 fully saturated rings. The van der Waals surface area contributed by atoms with E-state index in [9.17, 15) is 0 Å². The van der Waals surface area contributed by atoms with Crippen LogP contribution in [0.2, 0.25) is 0 Å². The third-order valence-electron chi connectivity index (χ3n) is 3.70. The van der Waals surface area contributed by atoms with Crippen molar-refractivity contribution in [2.75, 3.05) is 33.9 Å². The van der Waals surface area contributed by atoms with Crippen LogP contribution in [0.5, 0.6) is 0 Å². The van der Waals surface area contributed by atoms with Gasteiger partial charge >= 0.3 is 0 Å². The first-order valence-corrected chi connectivity index (χ1v) is 5.94. The molecule has 1 saturated carbocycles. The second-order valence-electron chi connectivity index (χ2n) is 4.56. The standard InChI is InChI=1S/C10H19NO.C2H6/c1-11-6-9(7-12-2)10(8-11)4-3-5-10;1-2/h9H,3-8H2,1-2H3;1-2H3. The van der Waals surface area contributed by atoms with E-state index in [2.05, 4.69) is 11.9 Å². The summed E-state index contributed by atoms with van der Waals surface area (Å²) in [4.78, 5) is 2.46. The summed E-state index contributed by atoms with van der Waals surface area (Å²) in [5.74, 6) is 0.807. The summed E-state index contributed by atoms with van der Waals surface area (Å²) in [7, 11) is 4.06. The van der Waals surface area contributed by atoms with E-state index >= 15 is 0 Å². The Kier molecular flexibility index (Phi) is 4.39. The van der Waals surface area contributed by atoms with Gasteiger partial charge in [0.25, 0.3) is 0 Å². The van der Waals surface area contributed by atoms with Crippen molar-refractivity contribution in [3.8, 4) is 0 Å². The van der Waals surface area contributed by atoms with Crippen LogP contribution >= 0.6 is 0 Å². The van der Waals surface area contributed by atoms with E-state index in [4.69, 9.17) is 4.74 Å². The average molecular weight is 199 g/mol. The van der Waals surface area contributed by atoms with Crippen LogP contribution < -0.4 is 0 Å². The topological polar surface area (TPSA) is 12.5 Å². The summed E-state index contributed by atoms with van der Waals surface area (Å²) < 4.78 is 5.28. The molecule has 1 aliphatic heterocycles. The zero-order valence-electron chi connectivity index (χ0n) is 10.2. The van der Waals surface area contributed by atoms with Crippen molar-refractivity contribution < 1.29 is 4.74 Å². The maximum Gasteiger partial charge on any atom is 0.0508 e. The number of ether oxygens (including phenoxy) is 1. The molecule has 1 unspecified atom stereocenters. The van der Waals surface area contributed by atoms with Gasteiger partial charge in [-0.3, -0.25) is 0 Å². The smallest absolute Gasteiger partial charge is 0.0508 e. The van der Waals surface area contributed by atoms with E-state index in [1.165, 1.54) is 32.4 Å². The fourth-order valence-electron chi connectivity index (χ4n) is 2.93. The van der Waals surface area contributed by atoms with Crippen LogP contribution in [0.15, 0.2) is 0 Å². The van der Waals surface area contributed by atoms with Gasteiger partial charge in [0.1, 0.15) is 0 Å². The fourth-order valence-corrected chi connectivity index (χ4v) is 2.93. The molecule has 1 spiro atoms. The van der Waals surface area contributed by atoms with Crippen LogP contribution in [0.4, 0.5) is 0 Å². The molecular formula is C12H25NO. The molecule has 0 radical (unpaired) electrons. The van der Waals surface area contributed by atoms with Crippen LogP contribution in [-0.4, -0.2) is 38.8 Å². The highest BCUT2D eigenvalue weighted by atomic mass is 16.5. The van der Waals surface area contributed by atoms with Crippen LogP contribution in [0.25, 0.3) is 0 Å². The number of rotatable bonds is 2. The first kappa shape index (κ1) is 12.0. The van der Waals surface area contributed by atoms with E-state index < -0.39 is 0 Å². The molecule has 1 saturated heterocycles. The molecule has 1 heterocycles. The lowest BCUT2D eigenvalue weighted by atomic mass is 9.63. The number of likely N-dealkylation sites (tertiary alicyclic amines) is 1. The highest BCUT2D eigenvalue weighted by molar-refractivity contribution is 5.00. The molecule has 1 atom stereocenters. The van der Waals surface area contributed by atoms with E-state index in [0.29, 0.717) is 5.41 Å². The molecular weight excluding hydrogens is 174 g/mol. The summed E-state index contributed by atoms with van der Waals surface area (Å²) in [6.45, 7) is 7.51. The minimum atomic E-state index is 0.658. The molecule has 2 rings (SSSR count). The summed E-state index contributed by atoms with van der Waals surface area (Å²) in [5, 5.41) is 0. The lowest BCUT2D eigenvalue weighted by molar-refractivity contribution is 0.0371. The van der Waals surface area contributed by atoms with Crippen molar-refractivity contribution >= 4 is 0 Å². The number of hydrogen-bond donors (Lipinski definition) is 0. The average Bonchev–Trinajstić information content (AvgIpc) is 2.46. The largest absolute Gasteiger partial charge is 0.384 e. The Balaban J connectivity index is 0.000000461. The van der Waals surface area contributed by atoms with Gasteiger partial charge in [0.05, 0.1) is 6.61 Å². The van der Waals surface area contributed by atoms with Crippen LogP contribution in [0.1, 0.15) is 33.1 Å². The molecule has 0 N–H and O–H groups in total. The highest BCUT2D eigenvalue weighted by Crippen LogP contribution is 2.51. The lowest BCUT2D eigenvalue weighted by Crippen LogP contribution is -2.39. The van der Waals surface area contributed by atoms with Gasteiger partial charge in [0.2, 0.25) is 0 Å². The van der Waals surface area contributed by atoms with Crippen molar-refractivity contribution in [1.82, 2.24) is 4.90 Å². The van der Waals surface area contributed by atoms with E-state index in [0.717, 1.165) is 12.5 Å². The number of methoxy groups -OCH3 is 1. The van der Waals surface area contributed by atoms with Crippen LogP contribution in [0.3, 0.4) is 0 Å². The lowest BCUT2D eigenvalue weighted by Gasteiger charge is -2.42. The summed E-state index contributed by atoms with van der Waals surface area (Å²) in [6, 6.07) is 0. The van der Waals surface area contributed by atoms with Crippen molar-refractivity contribution in [1.29, 1.82) is 0 Å². The predicted molar refractivity (Wildman–Crippen MR) is 60.5 cm³/mol. The van der Waals surface area contributed by atoms with E-state index in [1.807, 2.05) is 21.0 Å². The van der Waals surface area contributed by atoms with Crippen molar-refractivity contribution in [3.05, 3.63) is 0 Å². The number of nitrogens with zero attached hydrogens (tertiary/aromatic N) is 1. The van der Waals surface area contributed by atoms with Gasteiger partial charge in [-0.2, -0.15) is 0 Å². The van der Waals surface area contributed by atoms with Crippen molar-refractivity contribution in [3.63, 3.8) is 0 Å². The minimum absolute atomic E-state index is 0.658. The summed E-state index contributed by atoms with van der Waals surface area (Å²) in [6.07, 6.45) is 4.31. The molecule has 0 aromatic rings. The highest BCUT2D eigenvalue weighted by Gasteiger charge is 2.48. The molecule has 0 amide bonds. The van der Waals surface area contributed by atoms with Crippen LogP contribution in [0, 0.1) is 11.3 Å². The van der Waals surface area contributed by atoms with Gasteiger partial charge in [0, 0.05) is 26.1 Å². The Labute approximate surface area is 88.6 Å². The zero-order valence-corrected chi connectivity index (χ0v) is 10.2. The van der Waals surface area contributed by atoms with Gasteiger partial charge in [-0.15, -0.1) is 0 Å². The van der Waals surface area contributed by atoms with Crippen molar-refractivity contribution in [2.24, 2.45) is 11.3 Å². The quantitative estimate of drug-likeness (QED) is 0.677. The second-order valence-corrected chi connectivity index (χ2v) is 4.56. The Hall–Kier alpha value is -0.0800. The number of hydrogen-bond acceptors (Lipinski definition) is 2. The first-order chi connectivity index (χ1) is 6.77. The van der Waals surface area contributed by atoms with Crippen LogP contribution in [-0.2, 0) is 4.74 Å². The molecule has 0 aromatic heterocycles. The third-order valence-corrected chi connectivity index (χ3v) is 3.70. The first-order valence-electron chi connectivity index (χ1n) is 5.94. The van der Waals surface area contributed by atoms with E-state index in [1.54, 1.807) is 0 Å². The minimum Gasteiger partial charge on any atom is -0.384 e. The normalized spacial score (nSPS) is 29.6. The molecule has 2 aliphatic rings. The molecule has 2 nitrogen and oxygen atoms in total. The Morgan fingerprint density at radius 2 is 2.00 bits per heavy atom. The Bertz CT molecular complexity index is 166. The molecule has 0 aromatic carbocycles. The predicted octanol–water partition coefficient (Wildman–Crippen LogP) is 2.39. The fraction of sp³-hybridized carbons (Fsp3) is 1.00. The molecule has 1 aliphatic carbocycles. The van der Waals surface area contributed by atoms with Gasteiger partial charge in [-0.05, 0) is 25.3 Å². The summed E-state index contributed by atoms with van der Waals surface area (Å²) >= 11 is 0. The molecule has 0 bridgehead atoms. The maximum absolute atomic E-state index is 5.28. The molecule has 84 valence electrons.